The monoisotopic (exact) mass is 305 g/mol. The predicted octanol–water partition coefficient (Wildman–Crippen LogP) is 2.93. The van der Waals surface area contributed by atoms with Gasteiger partial charge in [-0.2, -0.15) is 0 Å². The van der Waals surface area contributed by atoms with Gasteiger partial charge in [-0.15, -0.1) is 0 Å². The first-order chi connectivity index (χ1) is 8.72. The largest absolute Gasteiger partial charge is 0.398 e. The van der Waals surface area contributed by atoms with E-state index in [0.717, 1.165) is 22.1 Å². The molecule has 3 N–H and O–H groups in total. The summed E-state index contributed by atoms with van der Waals surface area (Å²) in [6.45, 7) is 0. The van der Waals surface area contributed by atoms with E-state index >= 15 is 0 Å². The van der Waals surface area contributed by atoms with Crippen LogP contribution < -0.4 is 11.1 Å². The number of aromatic nitrogens is 1. The topological polar surface area (TPSA) is 50.9 Å². The highest BCUT2D eigenvalue weighted by Gasteiger charge is 2.14. The standard InChI is InChI=1S/C14H16BrN3/c1-17-14(11-9-18-7-6-13(11)16)8-10-4-2-3-5-12(10)15/h2-7,9,14,17H,8H2,1H3,(H2,16,18). The average molecular weight is 306 g/mol. The molecular weight excluding hydrogens is 290 g/mol. The molecule has 18 heavy (non-hydrogen) atoms. The number of benzene rings is 1. The number of hydrogen-bond donors (Lipinski definition) is 2. The third kappa shape index (κ3) is 2.89. The van der Waals surface area contributed by atoms with Crippen molar-refractivity contribution in [3.05, 3.63) is 58.3 Å². The lowest BCUT2D eigenvalue weighted by molar-refractivity contribution is 0.591. The second-order valence-corrected chi connectivity index (χ2v) is 5.00. The lowest BCUT2D eigenvalue weighted by atomic mass is 9.99. The number of nitrogens with two attached hydrogens (primary N) is 1. The zero-order valence-electron chi connectivity index (χ0n) is 10.2. The van der Waals surface area contributed by atoms with Crippen LogP contribution in [0.2, 0.25) is 0 Å². The molecule has 1 atom stereocenters. The van der Waals surface area contributed by atoms with E-state index in [-0.39, 0.29) is 6.04 Å². The molecule has 0 aliphatic carbocycles. The molecule has 0 radical (unpaired) electrons. The van der Waals surface area contributed by atoms with Crippen molar-refractivity contribution in [2.24, 2.45) is 0 Å². The van der Waals surface area contributed by atoms with Crippen molar-refractivity contribution in [3.8, 4) is 0 Å². The maximum atomic E-state index is 6.00. The average Bonchev–Trinajstić information content (AvgIpc) is 2.39. The summed E-state index contributed by atoms with van der Waals surface area (Å²) in [5.41, 5.74) is 9.06. The minimum Gasteiger partial charge on any atom is -0.398 e. The number of likely N-dealkylation sites (N-methyl/N-ethyl adjacent to an activating group) is 1. The first-order valence-corrected chi connectivity index (χ1v) is 6.61. The minimum atomic E-state index is 0.164. The molecule has 2 rings (SSSR count). The van der Waals surface area contributed by atoms with E-state index in [1.165, 1.54) is 5.56 Å². The van der Waals surface area contributed by atoms with E-state index < -0.39 is 0 Å². The molecule has 1 unspecified atom stereocenters. The Morgan fingerprint density at radius 1 is 1.33 bits per heavy atom. The van der Waals surface area contributed by atoms with Crippen molar-refractivity contribution in [2.75, 3.05) is 12.8 Å². The van der Waals surface area contributed by atoms with Crippen molar-refractivity contribution >= 4 is 21.6 Å². The van der Waals surface area contributed by atoms with Crippen molar-refractivity contribution in [3.63, 3.8) is 0 Å². The van der Waals surface area contributed by atoms with Crippen LogP contribution in [0.1, 0.15) is 17.2 Å². The summed E-state index contributed by atoms with van der Waals surface area (Å²) in [4.78, 5) is 4.15. The molecule has 0 amide bonds. The van der Waals surface area contributed by atoms with Crippen LogP contribution >= 0.6 is 15.9 Å². The lowest BCUT2D eigenvalue weighted by Gasteiger charge is -2.18. The van der Waals surface area contributed by atoms with Gasteiger partial charge < -0.3 is 11.1 Å². The second-order valence-electron chi connectivity index (χ2n) is 4.14. The normalized spacial score (nSPS) is 12.3. The molecule has 1 heterocycles. The molecule has 1 aromatic heterocycles. The maximum absolute atomic E-state index is 6.00. The van der Waals surface area contributed by atoms with Crippen molar-refractivity contribution in [2.45, 2.75) is 12.5 Å². The van der Waals surface area contributed by atoms with Gasteiger partial charge in [-0.05, 0) is 31.2 Å². The van der Waals surface area contributed by atoms with Crippen LogP contribution in [0.25, 0.3) is 0 Å². The molecule has 0 aliphatic heterocycles. The number of halogens is 1. The van der Waals surface area contributed by atoms with E-state index in [1.807, 2.05) is 31.4 Å². The van der Waals surface area contributed by atoms with E-state index in [2.05, 4.69) is 38.4 Å². The molecule has 0 fully saturated rings. The summed E-state index contributed by atoms with van der Waals surface area (Å²) in [6, 6.07) is 10.2. The fourth-order valence-electron chi connectivity index (χ4n) is 1.96. The van der Waals surface area contributed by atoms with E-state index in [9.17, 15) is 0 Å². The Labute approximate surface area is 116 Å². The van der Waals surface area contributed by atoms with Gasteiger partial charge in [0.1, 0.15) is 0 Å². The molecule has 0 saturated heterocycles. The molecule has 0 saturated carbocycles. The Bertz CT molecular complexity index is 528. The second kappa shape index (κ2) is 5.98. The summed E-state index contributed by atoms with van der Waals surface area (Å²) in [5, 5.41) is 3.29. The Morgan fingerprint density at radius 3 is 2.78 bits per heavy atom. The fraction of sp³-hybridized carbons (Fsp3) is 0.214. The number of hydrogen-bond acceptors (Lipinski definition) is 3. The zero-order chi connectivity index (χ0) is 13.0. The summed E-state index contributed by atoms with van der Waals surface area (Å²) in [6.07, 6.45) is 4.41. The van der Waals surface area contributed by atoms with Gasteiger partial charge in [0.25, 0.3) is 0 Å². The quantitative estimate of drug-likeness (QED) is 0.913. The summed E-state index contributed by atoms with van der Waals surface area (Å²) in [5.74, 6) is 0. The number of nitrogens with zero attached hydrogens (tertiary/aromatic N) is 1. The van der Waals surface area contributed by atoms with Gasteiger partial charge in [0.2, 0.25) is 0 Å². The highest BCUT2D eigenvalue weighted by molar-refractivity contribution is 9.10. The Balaban J connectivity index is 2.26. The van der Waals surface area contributed by atoms with Crippen LogP contribution in [0.4, 0.5) is 5.69 Å². The van der Waals surface area contributed by atoms with Crippen LogP contribution in [-0.2, 0) is 6.42 Å². The highest BCUT2D eigenvalue weighted by atomic mass is 79.9. The Hall–Kier alpha value is -1.39. The first-order valence-electron chi connectivity index (χ1n) is 5.82. The molecule has 4 heteroatoms. The third-order valence-corrected chi connectivity index (χ3v) is 3.77. The molecule has 1 aromatic carbocycles. The fourth-order valence-corrected chi connectivity index (χ4v) is 2.41. The SMILES string of the molecule is CNC(Cc1ccccc1Br)c1cnccc1N. The Kier molecular flexibility index (Phi) is 4.33. The predicted molar refractivity (Wildman–Crippen MR) is 78.3 cm³/mol. The summed E-state index contributed by atoms with van der Waals surface area (Å²) in [7, 11) is 1.94. The molecule has 0 aliphatic rings. The molecular formula is C14H16BrN3. The number of pyridine rings is 1. The van der Waals surface area contributed by atoms with Crippen LogP contribution in [0.3, 0.4) is 0 Å². The smallest absolute Gasteiger partial charge is 0.0394 e. The summed E-state index contributed by atoms with van der Waals surface area (Å²) >= 11 is 3.57. The van der Waals surface area contributed by atoms with Crippen LogP contribution in [0, 0.1) is 0 Å². The lowest BCUT2D eigenvalue weighted by Crippen LogP contribution is -2.20. The van der Waals surface area contributed by atoms with Gasteiger partial charge in [-0.25, -0.2) is 0 Å². The molecule has 3 nitrogen and oxygen atoms in total. The van der Waals surface area contributed by atoms with Gasteiger partial charge in [-0.1, -0.05) is 34.1 Å². The van der Waals surface area contributed by atoms with Gasteiger partial charge in [0, 0.05) is 34.2 Å². The molecule has 94 valence electrons. The van der Waals surface area contributed by atoms with Gasteiger partial charge in [0.05, 0.1) is 0 Å². The van der Waals surface area contributed by atoms with Gasteiger partial charge in [-0.3, -0.25) is 4.98 Å². The van der Waals surface area contributed by atoms with Crippen LogP contribution in [0.15, 0.2) is 47.2 Å². The Morgan fingerprint density at radius 2 is 2.11 bits per heavy atom. The van der Waals surface area contributed by atoms with Crippen molar-refractivity contribution in [1.82, 2.24) is 10.3 Å². The van der Waals surface area contributed by atoms with Gasteiger partial charge in [0.15, 0.2) is 0 Å². The number of rotatable bonds is 4. The van der Waals surface area contributed by atoms with Gasteiger partial charge >= 0.3 is 0 Å². The van der Waals surface area contributed by atoms with Crippen LogP contribution in [-0.4, -0.2) is 12.0 Å². The van der Waals surface area contributed by atoms with Crippen molar-refractivity contribution in [1.29, 1.82) is 0 Å². The molecule has 2 aromatic rings. The first kappa shape index (κ1) is 13.1. The number of nitrogen functional groups attached to an aromatic ring is 1. The maximum Gasteiger partial charge on any atom is 0.0394 e. The van der Waals surface area contributed by atoms with E-state index in [0.29, 0.717) is 0 Å². The zero-order valence-corrected chi connectivity index (χ0v) is 11.8. The van der Waals surface area contributed by atoms with Crippen LogP contribution in [0.5, 0.6) is 0 Å². The number of anilines is 1. The minimum absolute atomic E-state index is 0.164. The molecule has 0 spiro atoms. The van der Waals surface area contributed by atoms with E-state index in [4.69, 9.17) is 5.73 Å². The third-order valence-electron chi connectivity index (χ3n) is 2.99. The molecule has 0 bridgehead atoms. The summed E-state index contributed by atoms with van der Waals surface area (Å²) < 4.78 is 1.12. The highest BCUT2D eigenvalue weighted by Crippen LogP contribution is 2.26. The number of nitrogens with one attached hydrogen (secondary N) is 1. The van der Waals surface area contributed by atoms with Crippen molar-refractivity contribution < 1.29 is 0 Å². The van der Waals surface area contributed by atoms with E-state index in [1.54, 1.807) is 6.20 Å².